The van der Waals surface area contributed by atoms with Crippen LogP contribution in [-0.2, 0) is 16.1 Å². The summed E-state index contributed by atoms with van der Waals surface area (Å²) >= 11 is 0. The summed E-state index contributed by atoms with van der Waals surface area (Å²) in [4.78, 5) is 0. The van der Waals surface area contributed by atoms with Crippen molar-refractivity contribution in [2.24, 2.45) is 5.92 Å². The molecular weight excluding hydrogens is 259 g/mol. The Bertz CT molecular complexity index is 461. The summed E-state index contributed by atoms with van der Waals surface area (Å²) in [5, 5.41) is 8.62. The number of aliphatic hydroxyl groups is 1. The fraction of sp³-hybridized carbons (Fsp3) is 0.500. The smallest absolute Gasteiger partial charge is 0.138 e. The number of ether oxygens (including phenoxy) is 2. The fourth-order valence-electron chi connectivity index (χ4n) is 1.52. The van der Waals surface area contributed by atoms with Gasteiger partial charge in [-0.05, 0) is 23.6 Å². The van der Waals surface area contributed by atoms with Gasteiger partial charge in [-0.25, -0.2) is 4.39 Å². The summed E-state index contributed by atoms with van der Waals surface area (Å²) in [5.41, 5.74) is 1.12. The lowest BCUT2D eigenvalue weighted by Gasteiger charge is -2.08. The van der Waals surface area contributed by atoms with Crippen LogP contribution in [0.1, 0.15) is 25.0 Å². The highest BCUT2D eigenvalue weighted by Crippen LogP contribution is 2.10. The van der Waals surface area contributed by atoms with Crippen LogP contribution in [0.15, 0.2) is 18.2 Å². The molecule has 0 aromatic heterocycles. The molecule has 0 fully saturated rings. The van der Waals surface area contributed by atoms with Gasteiger partial charge < -0.3 is 14.6 Å². The van der Waals surface area contributed by atoms with Gasteiger partial charge in [-0.1, -0.05) is 31.8 Å². The molecule has 0 radical (unpaired) electrons. The van der Waals surface area contributed by atoms with Crippen molar-refractivity contribution in [2.45, 2.75) is 20.5 Å². The molecule has 0 aliphatic carbocycles. The first-order valence-electron chi connectivity index (χ1n) is 6.67. The van der Waals surface area contributed by atoms with E-state index in [1.165, 1.54) is 6.07 Å². The highest BCUT2D eigenvalue weighted by molar-refractivity contribution is 5.38. The Labute approximate surface area is 119 Å². The van der Waals surface area contributed by atoms with Crippen molar-refractivity contribution in [3.63, 3.8) is 0 Å². The van der Waals surface area contributed by atoms with E-state index in [0.717, 1.165) is 12.2 Å². The molecule has 110 valence electrons. The van der Waals surface area contributed by atoms with E-state index >= 15 is 0 Å². The Hall–Kier alpha value is -1.41. The third-order valence-electron chi connectivity index (χ3n) is 2.42. The van der Waals surface area contributed by atoms with Crippen LogP contribution >= 0.6 is 0 Å². The van der Waals surface area contributed by atoms with E-state index < -0.39 is 5.82 Å². The largest absolute Gasteiger partial charge is 0.384 e. The Morgan fingerprint density at radius 2 is 2.00 bits per heavy atom. The molecule has 0 spiro atoms. The van der Waals surface area contributed by atoms with Crippen LogP contribution in [0.4, 0.5) is 4.39 Å². The van der Waals surface area contributed by atoms with Crippen molar-refractivity contribution >= 4 is 0 Å². The van der Waals surface area contributed by atoms with Crippen LogP contribution in [-0.4, -0.2) is 31.5 Å². The molecule has 0 amide bonds. The Balaban J connectivity index is 2.37. The fourth-order valence-corrected chi connectivity index (χ4v) is 1.52. The maximum absolute atomic E-state index is 13.4. The monoisotopic (exact) mass is 280 g/mol. The van der Waals surface area contributed by atoms with E-state index in [-0.39, 0.29) is 12.2 Å². The maximum atomic E-state index is 13.4. The van der Waals surface area contributed by atoms with Gasteiger partial charge in [0.05, 0.1) is 25.4 Å². The van der Waals surface area contributed by atoms with Crippen molar-refractivity contribution in [2.75, 3.05) is 26.4 Å². The van der Waals surface area contributed by atoms with Gasteiger partial charge in [-0.3, -0.25) is 0 Å². The Morgan fingerprint density at radius 1 is 1.25 bits per heavy atom. The molecule has 20 heavy (non-hydrogen) atoms. The van der Waals surface area contributed by atoms with E-state index in [4.69, 9.17) is 14.6 Å². The Morgan fingerprint density at radius 3 is 2.70 bits per heavy atom. The molecule has 0 unspecified atom stereocenters. The molecule has 0 aliphatic heterocycles. The van der Waals surface area contributed by atoms with Crippen molar-refractivity contribution in [3.05, 3.63) is 35.1 Å². The zero-order valence-electron chi connectivity index (χ0n) is 12.0. The van der Waals surface area contributed by atoms with Gasteiger partial charge in [0.1, 0.15) is 12.4 Å². The second-order valence-electron chi connectivity index (χ2n) is 4.80. The molecule has 4 heteroatoms. The normalized spacial score (nSPS) is 10.4. The maximum Gasteiger partial charge on any atom is 0.138 e. The average molecular weight is 280 g/mol. The van der Waals surface area contributed by atoms with E-state index in [0.29, 0.717) is 25.7 Å². The SMILES string of the molecule is CC(C)COCCOCc1ccc(F)c(C#CCO)c1. The standard InChI is InChI=1S/C16H21FO3/c1-13(2)11-19-8-9-20-12-14-5-6-16(17)15(10-14)4-3-7-18/h5-6,10,13,18H,7-9,11-12H2,1-2H3. The third kappa shape index (κ3) is 6.67. The minimum atomic E-state index is -0.394. The number of benzene rings is 1. The van der Waals surface area contributed by atoms with Crippen LogP contribution < -0.4 is 0 Å². The number of halogens is 1. The third-order valence-corrected chi connectivity index (χ3v) is 2.42. The lowest BCUT2D eigenvalue weighted by Crippen LogP contribution is -2.08. The van der Waals surface area contributed by atoms with Crippen molar-refractivity contribution in [1.29, 1.82) is 0 Å². The molecule has 1 aromatic rings. The number of rotatable bonds is 7. The van der Waals surface area contributed by atoms with E-state index in [1.54, 1.807) is 12.1 Å². The first kappa shape index (κ1) is 16.6. The molecule has 0 aliphatic rings. The van der Waals surface area contributed by atoms with Crippen LogP contribution in [0.25, 0.3) is 0 Å². The molecule has 1 N–H and O–H groups in total. The number of hydrogen-bond acceptors (Lipinski definition) is 3. The quantitative estimate of drug-likeness (QED) is 0.615. The van der Waals surface area contributed by atoms with Gasteiger partial charge in [-0.15, -0.1) is 0 Å². The van der Waals surface area contributed by atoms with Gasteiger partial charge in [-0.2, -0.15) is 0 Å². The molecule has 1 rings (SSSR count). The minimum absolute atomic E-state index is 0.274. The van der Waals surface area contributed by atoms with Crippen LogP contribution in [0.2, 0.25) is 0 Å². The second-order valence-corrected chi connectivity index (χ2v) is 4.80. The van der Waals surface area contributed by atoms with Crippen LogP contribution in [0, 0.1) is 23.6 Å². The molecule has 0 bridgehead atoms. The molecule has 3 nitrogen and oxygen atoms in total. The lowest BCUT2D eigenvalue weighted by molar-refractivity contribution is 0.0314. The molecule has 0 heterocycles. The van der Waals surface area contributed by atoms with Crippen LogP contribution in [0.3, 0.4) is 0 Å². The first-order chi connectivity index (χ1) is 9.63. The van der Waals surface area contributed by atoms with Gasteiger partial charge >= 0.3 is 0 Å². The average Bonchev–Trinajstić information content (AvgIpc) is 2.42. The number of hydrogen-bond donors (Lipinski definition) is 1. The Kier molecular flexibility index (Phi) is 7.89. The topological polar surface area (TPSA) is 38.7 Å². The van der Waals surface area contributed by atoms with Crippen molar-refractivity contribution < 1.29 is 19.0 Å². The minimum Gasteiger partial charge on any atom is -0.384 e. The zero-order chi connectivity index (χ0) is 14.8. The molecule has 1 aromatic carbocycles. The van der Waals surface area contributed by atoms with Gasteiger partial charge in [0.15, 0.2) is 0 Å². The van der Waals surface area contributed by atoms with Gasteiger partial charge in [0, 0.05) is 6.61 Å². The number of aliphatic hydroxyl groups excluding tert-OH is 1. The summed E-state index contributed by atoms with van der Waals surface area (Å²) in [7, 11) is 0. The lowest BCUT2D eigenvalue weighted by atomic mass is 10.1. The zero-order valence-corrected chi connectivity index (χ0v) is 12.0. The summed E-state index contributed by atoms with van der Waals surface area (Å²) in [6.45, 7) is 6.06. The van der Waals surface area contributed by atoms with E-state index in [1.807, 2.05) is 0 Å². The predicted molar refractivity (Wildman–Crippen MR) is 75.7 cm³/mol. The summed E-state index contributed by atoms with van der Waals surface area (Å²) in [5.74, 6) is 5.12. The van der Waals surface area contributed by atoms with Crippen LogP contribution in [0.5, 0.6) is 0 Å². The summed E-state index contributed by atoms with van der Waals surface area (Å²) in [6.07, 6.45) is 0. The summed E-state index contributed by atoms with van der Waals surface area (Å²) < 4.78 is 24.3. The summed E-state index contributed by atoms with van der Waals surface area (Å²) in [6, 6.07) is 4.65. The molecule has 0 saturated carbocycles. The van der Waals surface area contributed by atoms with E-state index in [2.05, 4.69) is 25.7 Å². The molecule has 0 atom stereocenters. The molecular formula is C16H21FO3. The highest BCUT2D eigenvalue weighted by atomic mass is 19.1. The first-order valence-corrected chi connectivity index (χ1v) is 6.67. The molecule has 0 saturated heterocycles. The highest BCUT2D eigenvalue weighted by Gasteiger charge is 2.01. The predicted octanol–water partition coefficient (Wildman–Crippen LogP) is 2.36. The van der Waals surface area contributed by atoms with E-state index in [9.17, 15) is 4.39 Å². The van der Waals surface area contributed by atoms with Gasteiger partial charge in [0.25, 0.3) is 0 Å². The van der Waals surface area contributed by atoms with Crippen molar-refractivity contribution in [1.82, 2.24) is 0 Å². The second kappa shape index (κ2) is 9.49. The van der Waals surface area contributed by atoms with Gasteiger partial charge in [0.2, 0.25) is 0 Å². The van der Waals surface area contributed by atoms with Crippen molar-refractivity contribution in [3.8, 4) is 11.8 Å².